The van der Waals surface area contributed by atoms with Gasteiger partial charge in [0.15, 0.2) is 11.0 Å². The SMILES string of the molecule is CCCCCCCCCC(=O)PC(O)C(PC(=O)CCCCCCCCC)[N+](C)(C)C. The summed E-state index contributed by atoms with van der Waals surface area (Å²) in [6.07, 6.45) is 18.0. The molecule has 0 saturated carbocycles. The zero-order valence-corrected chi connectivity index (χ0v) is 23.2. The molecule has 184 valence electrons. The van der Waals surface area contributed by atoms with Gasteiger partial charge in [-0.05, 0) is 21.4 Å². The fourth-order valence-electron chi connectivity index (χ4n) is 3.73. The van der Waals surface area contributed by atoms with Crippen LogP contribution in [-0.2, 0) is 9.59 Å². The van der Waals surface area contributed by atoms with Gasteiger partial charge < -0.3 is 9.59 Å². The second-order valence-electron chi connectivity index (χ2n) is 9.88. The van der Waals surface area contributed by atoms with Crippen LogP contribution in [0.15, 0.2) is 0 Å². The van der Waals surface area contributed by atoms with Gasteiger partial charge in [0.1, 0.15) is 11.6 Å². The summed E-state index contributed by atoms with van der Waals surface area (Å²) in [7, 11) is 6.05. The molecular weight excluding hydrogens is 424 g/mol. The van der Waals surface area contributed by atoms with Crippen molar-refractivity contribution in [1.82, 2.24) is 0 Å². The molecule has 6 heteroatoms. The Bertz CT molecular complexity index is 466. The van der Waals surface area contributed by atoms with Crippen molar-refractivity contribution in [3.8, 4) is 0 Å². The van der Waals surface area contributed by atoms with Crippen molar-refractivity contribution in [1.29, 1.82) is 0 Å². The normalized spacial score (nSPS) is 14.6. The number of carbonyl (C=O) groups excluding carboxylic acids is 2. The number of rotatable bonds is 22. The van der Waals surface area contributed by atoms with Crippen molar-refractivity contribution >= 4 is 28.2 Å². The van der Waals surface area contributed by atoms with Crippen LogP contribution < -0.4 is 0 Å². The molecule has 0 fully saturated rings. The lowest BCUT2D eigenvalue weighted by molar-refractivity contribution is -0.883. The Balaban J connectivity index is 4.23. The molecule has 4 unspecified atom stereocenters. The molecule has 4 atom stereocenters. The summed E-state index contributed by atoms with van der Waals surface area (Å²) in [5.74, 6) is -0.873. The Morgan fingerprint density at radius 2 is 1.00 bits per heavy atom. The lowest BCUT2D eigenvalue weighted by Gasteiger charge is -2.36. The van der Waals surface area contributed by atoms with Gasteiger partial charge in [-0.25, -0.2) is 0 Å². The van der Waals surface area contributed by atoms with Crippen molar-refractivity contribution < 1.29 is 19.2 Å². The number of nitrogens with zero attached hydrogens (tertiary/aromatic N) is 1. The molecule has 0 saturated heterocycles. The summed E-state index contributed by atoms with van der Waals surface area (Å²) in [5.41, 5.74) is 0.429. The molecule has 0 aliphatic rings. The van der Waals surface area contributed by atoms with Gasteiger partial charge in [-0.15, -0.1) is 0 Å². The topological polar surface area (TPSA) is 54.4 Å². The van der Waals surface area contributed by atoms with Crippen LogP contribution in [0.4, 0.5) is 0 Å². The van der Waals surface area contributed by atoms with Crippen LogP contribution in [0, 0.1) is 0 Å². The first-order chi connectivity index (χ1) is 14.7. The molecule has 0 radical (unpaired) electrons. The Morgan fingerprint density at radius 1 is 0.645 bits per heavy atom. The summed E-state index contributed by atoms with van der Waals surface area (Å²) in [5, 5.41) is 10.8. The lowest BCUT2D eigenvalue weighted by atomic mass is 10.1. The van der Waals surface area contributed by atoms with Gasteiger partial charge in [-0.1, -0.05) is 90.9 Å². The molecular formula is C25H52NO3P2+. The van der Waals surface area contributed by atoms with E-state index in [4.69, 9.17) is 0 Å². The summed E-state index contributed by atoms with van der Waals surface area (Å²) >= 11 is 0. The third kappa shape index (κ3) is 18.3. The summed E-state index contributed by atoms with van der Waals surface area (Å²) in [4.78, 5) is 24.9. The van der Waals surface area contributed by atoms with Gasteiger partial charge in [0.05, 0.1) is 21.1 Å². The highest BCUT2D eigenvalue weighted by Gasteiger charge is 2.34. The first kappa shape index (κ1) is 31.1. The van der Waals surface area contributed by atoms with Gasteiger partial charge >= 0.3 is 0 Å². The third-order valence-corrected chi connectivity index (χ3v) is 9.24. The minimum atomic E-state index is -0.701. The fourth-order valence-corrected chi connectivity index (χ4v) is 6.69. The molecule has 1 N–H and O–H groups in total. The molecule has 0 spiro atoms. The molecule has 0 rings (SSSR count). The lowest BCUT2D eigenvalue weighted by Crippen LogP contribution is -2.48. The van der Waals surface area contributed by atoms with E-state index in [0.29, 0.717) is 17.3 Å². The molecule has 0 bridgehead atoms. The van der Waals surface area contributed by atoms with Gasteiger partial charge in [0, 0.05) is 21.4 Å². The maximum atomic E-state index is 12.6. The molecule has 0 aromatic rings. The maximum absolute atomic E-state index is 12.6. The van der Waals surface area contributed by atoms with E-state index in [1.54, 1.807) is 0 Å². The highest BCUT2D eigenvalue weighted by molar-refractivity contribution is 7.62. The van der Waals surface area contributed by atoms with Crippen LogP contribution >= 0.6 is 17.2 Å². The molecule has 0 aliphatic heterocycles. The quantitative estimate of drug-likeness (QED) is 0.104. The van der Waals surface area contributed by atoms with Gasteiger partial charge in [-0.3, -0.25) is 9.59 Å². The number of quaternary nitrogens is 1. The van der Waals surface area contributed by atoms with Crippen LogP contribution in [-0.4, -0.2) is 53.4 Å². The van der Waals surface area contributed by atoms with Gasteiger partial charge in [0.2, 0.25) is 0 Å². The number of carbonyl (C=O) groups is 2. The van der Waals surface area contributed by atoms with Crippen molar-refractivity contribution in [2.24, 2.45) is 0 Å². The van der Waals surface area contributed by atoms with Crippen LogP contribution in [0.2, 0.25) is 0 Å². The van der Waals surface area contributed by atoms with Gasteiger partial charge in [-0.2, -0.15) is 0 Å². The second kappa shape index (κ2) is 19.6. The van der Waals surface area contributed by atoms with Crippen molar-refractivity contribution in [3.05, 3.63) is 0 Å². The monoisotopic (exact) mass is 476 g/mol. The number of aliphatic hydroxyl groups is 1. The van der Waals surface area contributed by atoms with E-state index in [-0.39, 0.29) is 34.0 Å². The number of unbranched alkanes of at least 4 members (excludes halogenated alkanes) is 12. The Kier molecular flexibility index (Phi) is 19.7. The average molecular weight is 477 g/mol. The predicted molar refractivity (Wildman–Crippen MR) is 140 cm³/mol. The molecule has 0 heterocycles. The molecule has 0 aliphatic carbocycles. The zero-order chi connectivity index (χ0) is 23.5. The van der Waals surface area contributed by atoms with Crippen LogP contribution in [0.3, 0.4) is 0 Å². The van der Waals surface area contributed by atoms with Crippen LogP contribution in [0.5, 0.6) is 0 Å². The van der Waals surface area contributed by atoms with E-state index in [9.17, 15) is 14.7 Å². The first-order valence-corrected chi connectivity index (χ1v) is 15.0. The van der Waals surface area contributed by atoms with E-state index in [1.165, 1.54) is 64.2 Å². The second-order valence-corrected chi connectivity index (χ2v) is 12.8. The summed E-state index contributed by atoms with van der Waals surface area (Å²) in [6.45, 7) is 4.44. The van der Waals surface area contributed by atoms with Crippen molar-refractivity contribution in [3.63, 3.8) is 0 Å². The largest absolute Gasteiger partial charge is 0.382 e. The zero-order valence-electron chi connectivity index (χ0n) is 21.2. The number of likely N-dealkylation sites (N-methyl/N-ethyl adjacent to an activating group) is 1. The van der Waals surface area contributed by atoms with Crippen molar-refractivity contribution in [2.75, 3.05) is 21.1 Å². The molecule has 0 aromatic carbocycles. The van der Waals surface area contributed by atoms with Crippen molar-refractivity contribution in [2.45, 2.75) is 128 Å². The Hall–Kier alpha value is 0.120. The maximum Gasteiger partial charge on any atom is 0.157 e. The minimum absolute atomic E-state index is 0.0806. The summed E-state index contributed by atoms with van der Waals surface area (Å²) in [6, 6.07) is 0. The van der Waals surface area contributed by atoms with E-state index < -0.39 is 5.85 Å². The fraction of sp³-hybridized carbons (Fsp3) is 0.920. The van der Waals surface area contributed by atoms with E-state index in [1.807, 2.05) is 21.1 Å². The van der Waals surface area contributed by atoms with E-state index >= 15 is 0 Å². The summed E-state index contributed by atoms with van der Waals surface area (Å²) < 4.78 is 0.528. The number of hydrogen-bond acceptors (Lipinski definition) is 3. The standard InChI is InChI=1S/C25H52NO3P2/c1-6-8-10-12-14-16-18-20-22(27)30-24(26(3,4)5)25(29)31-23(28)21-19-17-15-13-11-9-7-2/h24-25,29-31H,6-21H2,1-5H3/q+1. The van der Waals surface area contributed by atoms with Gasteiger partial charge in [0.25, 0.3) is 0 Å². The Morgan fingerprint density at radius 3 is 1.39 bits per heavy atom. The molecule has 0 amide bonds. The van der Waals surface area contributed by atoms with E-state index in [0.717, 1.165) is 25.7 Å². The van der Waals surface area contributed by atoms with Crippen LogP contribution in [0.1, 0.15) is 117 Å². The molecule has 31 heavy (non-hydrogen) atoms. The highest BCUT2D eigenvalue weighted by atomic mass is 31.1. The molecule has 0 aromatic heterocycles. The third-order valence-electron chi connectivity index (χ3n) is 5.77. The smallest absolute Gasteiger partial charge is 0.157 e. The predicted octanol–water partition coefficient (Wildman–Crippen LogP) is 7.03. The molecule has 4 nitrogen and oxygen atoms in total. The average Bonchev–Trinajstić information content (AvgIpc) is 2.69. The van der Waals surface area contributed by atoms with E-state index in [2.05, 4.69) is 13.8 Å². The van der Waals surface area contributed by atoms with Crippen LogP contribution in [0.25, 0.3) is 0 Å². The highest BCUT2D eigenvalue weighted by Crippen LogP contribution is 2.38. The number of hydrogen-bond donors (Lipinski definition) is 1. The Labute approximate surface area is 196 Å². The number of aliphatic hydroxyl groups excluding tert-OH is 1. The first-order valence-electron chi connectivity index (χ1n) is 12.8. The minimum Gasteiger partial charge on any atom is -0.382 e.